The molecule has 21 heavy (non-hydrogen) atoms. The lowest BCUT2D eigenvalue weighted by atomic mass is 10.3. The van der Waals surface area contributed by atoms with Gasteiger partial charge in [-0.2, -0.15) is 0 Å². The Balaban J connectivity index is 1.74. The number of hydrogen-bond donors (Lipinski definition) is 1. The van der Waals surface area contributed by atoms with Crippen LogP contribution in [0.4, 0.5) is 4.39 Å². The second-order valence-corrected chi connectivity index (χ2v) is 5.21. The molecule has 1 aromatic carbocycles. The molecule has 112 valence electrons. The van der Waals surface area contributed by atoms with Crippen molar-refractivity contribution < 1.29 is 13.9 Å². The van der Waals surface area contributed by atoms with E-state index in [2.05, 4.69) is 5.32 Å². The number of nitrogens with one attached hydrogen (secondary N) is 1. The summed E-state index contributed by atoms with van der Waals surface area (Å²) in [5, 5.41) is 4.36. The van der Waals surface area contributed by atoms with E-state index >= 15 is 0 Å². The largest absolute Gasteiger partial charge is 0.492 e. The fourth-order valence-corrected chi connectivity index (χ4v) is 2.45. The molecule has 7 heteroatoms. The van der Waals surface area contributed by atoms with Crippen LogP contribution in [0.15, 0.2) is 34.4 Å². The number of benzene rings is 1. The average molecular weight is 310 g/mol. The summed E-state index contributed by atoms with van der Waals surface area (Å²) in [6, 6.07) is 5.79. The number of aryl methyl sites for hydroxylation is 1. The maximum Gasteiger partial charge on any atom is 0.307 e. The first kappa shape index (κ1) is 15.2. The fraction of sp³-hybridized carbons (Fsp3) is 0.286. The Morgan fingerprint density at radius 3 is 2.95 bits per heavy atom. The van der Waals surface area contributed by atoms with Crippen molar-refractivity contribution in [3.05, 3.63) is 50.8 Å². The Morgan fingerprint density at radius 1 is 1.48 bits per heavy atom. The Hall–Kier alpha value is -2.15. The highest BCUT2D eigenvalue weighted by molar-refractivity contribution is 7.07. The molecule has 0 radical (unpaired) electrons. The van der Waals surface area contributed by atoms with Crippen LogP contribution in [0.3, 0.4) is 0 Å². The van der Waals surface area contributed by atoms with Crippen molar-refractivity contribution >= 4 is 17.2 Å². The maximum atomic E-state index is 12.9. The number of amides is 1. The summed E-state index contributed by atoms with van der Waals surface area (Å²) in [5.41, 5.74) is 0.760. The summed E-state index contributed by atoms with van der Waals surface area (Å²) < 4.78 is 19.6. The van der Waals surface area contributed by atoms with Gasteiger partial charge in [0.25, 0.3) is 0 Å². The molecule has 0 aliphatic rings. The van der Waals surface area contributed by atoms with E-state index in [4.69, 9.17) is 4.74 Å². The van der Waals surface area contributed by atoms with E-state index in [1.54, 1.807) is 24.4 Å². The molecule has 0 fully saturated rings. The van der Waals surface area contributed by atoms with Gasteiger partial charge in [-0.05, 0) is 19.1 Å². The van der Waals surface area contributed by atoms with Gasteiger partial charge in [-0.25, -0.2) is 4.39 Å². The van der Waals surface area contributed by atoms with Gasteiger partial charge in [0.1, 0.15) is 24.7 Å². The summed E-state index contributed by atoms with van der Waals surface area (Å²) in [6.45, 7) is 2.28. The molecule has 0 aliphatic carbocycles. The molecule has 1 N–H and O–H groups in total. The molecular weight excluding hydrogens is 295 g/mol. The predicted octanol–water partition coefficient (Wildman–Crippen LogP) is 1.55. The SMILES string of the molecule is Cc1csc(=O)n1CC(=O)NCCOc1cccc(F)c1. The summed E-state index contributed by atoms with van der Waals surface area (Å²) in [7, 11) is 0. The van der Waals surface area contributed by atoms with Crippen molar-refractivity contribution in [2.75, 3.05) is 13.2 Å². The quantitative estimate of drug-likeness (QED) is 0.824. The number of thiazole rings is 1. The zero-order chi connectivity index (χ0) is 15.2. The van der Waals surface area contributed by atoms with Crippen LogP contribution in [0, 0.1) is 12.7 Å². The van der Waals surface area contributed by atoms with Crippen molar-refractivity contribution in [3.63, 3.8) is 0 Å². The molecular formula is C14H15FN2O3S. The van der Waals surface area contributed by atoms with Crippen LogP contribution in [0.2, 0.25) is 0 Å². The van der Waals surface area contributed by atoms with Crippen molar-refractivity contribution in [2.45, 2.75) is 13.5 Å². The van der Waals surface area contributed by atoms with Gasteiger partial charge >= 0.3 is 4.87 Å². The summed E-state index contributed by atoms with van der Waals surface area (Å²) in [4.78, 5) is 23.0. The van der Waals surface area contributed by atoms with Crippen LogP contribution < -0.4 is 14.9 Å². The molecule has 0 bridgehead atoms. The first-order valence-corrected chi connectivity index (χ1v) is 7.24. The number of carbonyl (C=O) groups is 1. The molecule has 1 aromatic heterocycles. The minimum Gasteiger partial charge on any atom is -0.492 e. The number of halogens is 1. The highest BCUT2D eigenvalue weighted by Crippen LogP contribution is 2.11. The van der Waals surface area contributed by atoms with E-state index in [0.717, 1.165) is 17.0 Å². The van der Waals surface area contributed by atoms with Crippen molar-refractivity contribution in [1.29, 1.82) is 0 Å². The number of aromatic nitrogens is 1. The van der Waals surface area contributed by atoms with Gasteiger partial charge in [-0.15, -0.1) is 0 Å². The third-order valence-corrected chi connectivity index (χ3v) is 3.65. The third kappa shape index (κ3) is 4.42. The standard InChI is InChI=1S/C14H15FN2O3S/c1-10-9-21-14(19)17(10)8-13(18)16-5-6-20-12-4-2-3-11(15)7-12/h2-4,7,9H,5-6,8H2,1H3,(H,16,18). The first-order chi connectivity index (χ1) is 10.1. The molecule has 0 saturated heterocycles. The predicted molar refractivity (Wildman–Crippen MR) is 78.2 cm³/mol. The van der Waals surface area contributed by atoms with Crippen molar-refractivity contribution in [3.8, 4) is 5.75 Å². The lowest BCUT2D eigenvalue weighted by molar-refractivity contribution is -0.121. The van der Waals surface area contributed by atoms with Crippen molar-refractivity contribution in [1.82, 2.24) is 9.88 Å². The van der Waals surface area contributed by atoms with Crippen LogP contribution in [0.25, 0.3) is 0 Å². The van der Waals surface area contributed by atoms with Gasteiger partial charge in [0.05, 0.1) is 6.54 Å². The monoisotopic (exact) mass is 310 g/mol. The molecule has 0 atom stereocenters. The summed E-state index contributed by atoms with van der Waals surface area (Å²) >= 11 is 1.07. The molecule has 1 heterocycles. The number of hydrogen-bond acceptors (Lipinski definition) is 4. The second kappa shape index (κ2) is 7.03. The lowest BCUT2D eigenvalue weighted by Crippen LogP contribution is -2.33. The normalized spacial score (nSPS) is 10.4. The number of ether oxygens (including phenoxy) is 1. The van der Waals surface area contributed by atoms with Crippen LogP contribution >= 0.6 is 11.3 Å². The van der Waals surface area contributed by atoms with Crippen LogP contribution in [-0.2, 0) is 11.3 Å². The molecule has 2 rings (SSSR count). The van der Waals surface area contributed by atoms with Gasteiger partial charge in [0, 0.05) is 17.1 Å². The zero-order valence-corrected chi connectivity index (χ0v) is 12.3. The molecule has 2 aromatic rings. The van der Waals surface area contributed by atoms with E-state index in [9.17, 15) is 14.0 Å². The molecule has 0 spiro atoms. The smallest absolute Gasteiger partial charge is 0.307 e. The van der Waals surface area contributed by atoms with Gasteiger partial charge in [-0.1, -0.05) is 17.4 Å². The van der Waals surface area contributed by atoms with Gasteiger partial charge in [0.2, 0.25) is 5.91 Å². The number of carbonyl (C=O) groups excluding carboxylic acids is 1. The third-order valence-electron chi connectivity index (χ3n) is 2.77. The Labute approximate surface area is 125 Å². The van der Waals surface area contributed by atoms with E-state index in [0.29, 0.717) is 5.75 Å². The van der Waals surface area contributed by atoms with Crippen molar-refractivity contribution in [2.24, 2.45) is 0 Å². The minimum atomic E-state index is -0.371. The van der Waals surface area contributed by atoms with Crippen LogP contribution in [0.1, 0.15) is 5.69 Å². The Kier molecular flexibility index (Phi) is 5.10. The highest BCUT2D eigenvalue weighted by Gasteiger charge is 2.07. The van der Waals surface area contributed by atoms with Crippen LogP contribution in [0.5, 0.6) is 5.75 Å². The van der Waals surface area contributed by atoms with Gasteiger partial charge < -0.3 is 10.1 Å². The van der Waals surface area contributed by atoms with Gasteiger partial charge in [0.15, 0.2) is 0 Å². The van der Waals surface area contributed by atoms with E-state index in [1.165, 1.54) is 16.7 Å². The van der Waals surface area contributed by atoms with E-state index in [1.807, 2.05) is 0 Å². The Morgan fingerprint density at radius 2 is 2.29 bits per heavy atom. The van der Waals surface area contributed by atoms with E-state index in [-0.39, 0.29) is 36.3 Å². The maximum absolute atomic E-state index is 12.9. The zero-order valence-electron chi connectivity index (χ0n) is 11.5. The molecule has 0 aliphatic heterocycles. The van der Waals surface area contributed by atoms with Gasteiger partial charge in [-0.3, -0.25) is 14.2 Å². The fourth-order valence-electron chi connectivity index (χ4n) is 1.71. The second-order valence-electron chi connectivity index (χ2n) is 4.38. The van der Waals surface area contributed by atoms with Crippen LogP contribution in [-0.4, -0.2) is 23.6 Å². The molecule has 5 nitrogen and oxygen atoms in total. The number of nitrogens with zero attached hydrogens (tertiary/aromatic N) is 1. The van der Waals surface area contributed by atoms with E-state index < -0.39 is 0 Å². The highest BCUT2D eigenvalue weighted by atomic mass is 32.1. The lowest BCUT2D eigenvalue weighted by Gasteiger charge is -2.08. The number of rotatable bonds is 6. The molecule has 0 saturated carbocycles. The summed E-state index contributed by atoms with van der Waals surface area (Å²) in [5.74, 6) is -0.223. The average Bonchev–Trinajstić information content (AvgIpc) is 2.76. The first-order valence-electron chi connectivity index (χ1n) is 6.36. The molecule has 0 unspecified atom stereocenters. The Bertz CT molecular complexity index is 681. The minimum absolute atomic E-state index is 0.00582. The molecule has 1 amide bonds. The topological polar surface area (TPSA) is 60.3 Å². The summed E-state index contributed by atoms with van der Waals surface area (Å²) in [6.07, 6.45) is 0.